The molecule has 5 heteroatoms. The molecule has 0 aliphatic carbocycles. The summed E-state index contributed by atoms with van der Waals surface area (Å²) in [6, 6.07) is 4.52. The van der Waals surface area contributed by atoms with Crippen molar-refractivity contribution in [1.29, 1.82) is 0 Å². The number of nitrogens with two attached hydrogens (primary N) is 1. The molecule has 18 heavy (non-hydrogen) atoms. The molecule has 0 heterocycles. The second-order valence-corrected chi connectivity index (χ2v) is 4.38. The monoisotopic (exact) mass is 259 g/mol. The molecule has 100 valence electrons. The summed E-state index contributed by atoms with van der Waals surface area (Å²) in [5, 5.41) is 0. The minimum atomic E-state index is -4.42. The Bertz CT molecular complexity index is 415. The molecule has 1 aromatic carbocycles. The third-order valence-electron chi connectivity index (χ3n) is 2.78. The summed E-state index contributed by atoms with van der Waals surface area (Å²) in [7, 11) is 0. The van der Waals surface area contributed by atoms with Gasteiger partial charge < -0.3 is 5.73 Å². The van der Waals surface area contributed by atoms with E-state index in [0.717, 1.165) is 12.1 Å². The van der Waals surface area contributed by atoms with Crippen LogP contribution in [0.25, 0.3) is 0 Å². The molecule has 2 N–H and O–H groups in total. The van der Waals surface area contributed by atoms with Crippen molar-refractivity contribution in [3.63, 3.8) is 0 Å². The Kier molecular flexibility index (Phi) is 4.90. The zero-order chi connectivity index (χ0) is 13.8. The van der Waals surface area contributed by atoms with Gasteiger partial charge in [-0.1, -0.05) is 19.1 Å². The fourth-order valence-electron chi connectivity index (χ4n) is 1.51. The summed E-state index contributed by atoms with van der Waals surface area (Å²) in [5.74, 6) is -0.0823. The van der Waals surface area contributed by atoms with Crippen molar-refractivity contribution in [3.05, 3.63) is 35.4 Å². The summed E-state index contributed by atoms with van der Waals surface area (Å²) in [4.78, 5) is 11.7. The summed E-state index contributed by atoms with van der Waals surface area (Å²) < 4.78 is 37.4. The molecule has 0 aliphatic heterocycles. The van der Waals surface area contributed by atoms with Gasteiger partial charge in [-0.15, -0.1) is 0 Å². The molecular weight excluding hydrogens is 243 g/mol. The van der Waals surface area contributed by atoms with Gasteiger partial charge in [0.25, 0.3) is 0 Å². The standard InChI is InChI=1S/C13H16F3NO/c1-9(8-17)5-6-12(18)10-3-2-4-11(7-10)13(14,15)16/h2-4,7,9H,5-6,8,17H2,1H3. The third-order valence-corrected chi connectivity index (χ3v) is 2.78. The van der Waals surface area contributed by atoms with Crippen LogP contribution in [-0.4, -0.2) is 12.3 Å². The first-order chi connectivity index (χ1) is 8.34. The highest BCUT2D eigenvalue weighted by molar-refractivity contribution is 5.96. The van der Waals surface area contributed by atoms with E-state index >= 15 is 0 Å². The van der Waals surface area contributed by atoms with Crippen molar-refractivity contribution in [1.82, 2.24) is 0 Å². The van der Waals surface area contributed by atoms with Crippen molar-refractivity contribution < 1.29 is 18.0 Å². The van der Waals surface area contributed by atoms with Gasteiger partial charge in [-0.3, -0.25) is 4.79 Å². The lowest BCUT2D eigenvalue weighted by Crippen LogP contribution is -2.13. The first kappa shape index (κ1) is 14.7. The highest BCUT2D eigenvalue weighted by Gasteiger charge is 2.30. The van der Waals surface area contributed by atoms with Crippen molar-refractivity contribution in [3.8, 4) is 0 Å². The fourth-order valence-corrected chi connectivity index (χ4v) is 1.51. The number of halogens is 3. The van der Waals surface area contributed by atoms with Crippen LogP contribution in [0.4, 0.5) is 13.2 Å². The molecule has 1 unspecified atom stereocenters. The highest BCUT2D eigenvalue weighted by Crippen LogP contribution is 2.29. The Balaban J connectivity index is 2.75. The normalized spacial score (nSPS) is 13.4. The zero-order valence-corrected chi connectivity index (χ0v) is 10.1. The van der Waals surface area contributed by atoms with Crippen LogP contribution < -0.4 is 5.73 Å². The summed E-state index contributed by atoms with van der Waals surface area (Å²) in [6.07, 6.45) is -3.61. The van der Waals surface area contributed by atoms with Gasteiger partial charge in [-0.25, -0.2) is 0 Å². The lowest BCUT2D eigenvalue weighted by molar-refractivity contribution is -0.137. The van der Waals surface area contributed by atoms with Crippen LogP contribution in [0.3, 0.4) is 0 Å². The predicted octanol–water partition coefficient (Wildman–Crippen LogP) is 3.26. The number of rotatable bonds is 5. The number of carbonyl (C=O) groups excluding carboxylic acids is 1. The van der Waals surface area contributed by atoms with Gasteiger partial charge in [0.1, 0.15) is 0 Å². The second kappa shape index (κ2) is 6.00. The van der Waals surface area contributed by atoms with Gasteiger partial charge in [0.05, 0.1) is 5.56 Å². The molecule has 1 rings (SSSR count). The van der Waals surface area contributed by atoms with Crippen LogP contribution >= 0.6 is 0 Å². The molecule has 1 aromatic rings. The molecule has 2 nitrogen and oxygen atoms in total. The Hall–Kier alpha value is -1.36. The molecule has 0 spiro atoms. The molecule has 0 aliphatic rings. The number of carbonyl (C=O) groups is 1. The van der Waals surface area contributed by atoms with E-state index in [1.54, 1.807) is 0 Å². The molecular formula is C13H16F3NO. The number of hydrogen-bond acceptors (Lipinski definition) is 2. The largest absolute Gasteiger partial charge is 0.416 e. The van der Waals surface area contributed by atoms with E-state index in [2.05, 4.69) is 0 Å². The Morgan fingerprint density at radius 2 is 2.06 bits per heavy atom. The topological polar surface area (TPSA) is 43.1 Å². The Labute approximate surface area is 104 Å². The molecule has 1 atom stereocenters. The van der Waals surface area contributed by atoms with Crippen molar-refractivity contribution in [2.24, 2.45) is 11.7 Å². The van der Waals surface area contributed by atoms with E-state index in [-0.39, 0.29) is 23.7 Å². The summed E-state index contributed by atoms with van der Waals surface area (Å²) in [6.45, 7) is 2.37. The minimum Gasteiger partial charge on any atom is -0.330 e. The average Bonchev–Trinajstić information content (AvgIpc) is 2.34. The van der Waals surface area contributed by atoms with Gasteiger partial charge in [-0.2, -0.15) is 13.2 Å². The number of benzene rings is 1. The van der Waals surface area contributed by atoms with Crippen molar-refractivity contribution in [2.45, 2.75) is 25.9 Å². The van der Waals surface area contributed by atoms with Gasteiger partial charge in [0.2, 0.25) is 0 Å². The fraction of sp³-hybridized carbons (Fsp3) is 0.462. The van der Waals surface area contributed by atoms with Crippen molar-refractivity contribution >= 4 is 5.78 Å². The number of Topliss-reactive ketones (excluding diaryl/α,β-unsaturated/α-hetero) is 1. The van der Waals surface area contributed by atoms with Crippen LogP contribution in [0.5, 0.6) is 0 Å². The number of hydrogen-bond donors (Lipinski definition) is 1. The predicted molar refractivity (Wildman–Crippen MR) is 63.2 cm³/mol. The van der Waals surface area contributed by atoms with E-state index in [4.69, 9.17) is 5.73 Å². The van der Waals surface area contributed by atoms with Crippen LogP contribution in [-0.2, 0) is 6.18 Å². The lowest BCUT2D eigenvalue weighted by atomic mass is 9.99. The quantitative estimate of drug-likeness (QED) is 0.825. The van der Waals surface area contributed by atoms with Crippen LogP contribution in [0.15, 0.2) is 24.3 Å². The maximum Gasteiger partial charge on any atom is 0.416 e. The number of ketones is 1. The first-order valence-corrected chi connectivity index (χ1v) is 5.75. The van der Waals surface area contributed by atoms with Gasteiger partial charge in [-0.05, 0) is 31.0 Å². The lowest BCUT2D eigenvalue weighted by Gasteiger charge is -2.09. The molecule has 0 bridgehead atoms. The maximum atomic E-state index is 12.5. The summed E-state index contributed by atoms with van der Waals surface area (Å²) >= 11 is 0. The zero-order valence-electron chi connectivity index (χ0n) is 10.1. The number of alkyl halides is 3. The van der Waals surface area contributed by atoms with E-state index in [1.807, 2.05) is 6.92 Å². The molecule has 0 saturated heterocycles. The minimum absolute atomic E-state index is 0.106. The molecule has 0 fully saturated rings. The van der Waals surface area contributed by atoms with Crippen LogP contribution in [0.1, 0.15) is 35.7 Å². The molecule has 0 amide bonds. The van der Waals surface area contributed by atoms with Crippen LogP contribution in [0, 0.1) is 5.92 Å². The molecule has 0 saturated carbocycles. The first-order valence-electron chi connectivity index (χ1n) is 5.75. The average molecular weight is 259 g/mol. The smallest absolute Gasteiger partial charge is 0.330 e. The van der Waals surface area contributed by atoms with E-state index < -0.39 is 11.7 Å². The van der Waals surface area contributed by atoms with Crippen LogP contribution in [0.2, 0.25) is 0 Å². The van der Waals surface area contributed by atoms with E-state index in [0.29, 0.717) is 13.0 Å². The van der Waals surface area contributed by atoms with Crippen molar-refractivity contribution in [2.75, 3.05) is 6.54 Å². The Morgan fingerprint density at radius 3 is 2.61 bits per heavy atom. The molecule has 0 aromatic heterocycles. The van der Waals surface area contributed by atoms with Gasteiger partial charge >= 0.3 is 6.18 Å². The third kappa shape index (κ3) is 4.14. The van der Waals surface area contributed by atoms with Gasteiger partial charge in [0, 0.05) is 12.0 Å². The van der Waals surface area contributed by atoms with Gasteiger partial charge in [0.15, 0.2) is 5.78 Å². The highest BCUT2D eigenvalue weighted by atomic mass is 19.4. The SMILES string of the molecule is CC(CN)CCC(=O)c1cccc(C(F)(F)F)c1. The molecule has 0 radical (unpaired) electrons. The Morgan fingerprint density at radius 1 is 1.39 bits per heavy atom. The van der Waals surface area contributed by atoms with E-state index in [1.165, 1.54) is 12.1 Å². The van der Waals surface area contributed by atoms with E-state index in [9.17, 15) is 18.0 Å². The maximum absolute atomic E-state index is 12.5. The second-order valence-electron chi connectivity index (χ2n) is 4.38. The summed E-state index contributed by atoms with van der Waals surface area (Å²) in [5.41, 5.74) is 4.73.